The highest BCUT2D eigenvalue weighted by Crippen LogP contribution is 2.34. The lowest BCUT2D eigenvalue weighted by atomic mass is 10.0. The minimum Gasteiger partial charge on any atom is -0.460 e. The summed E-state index contributed by atoms with van der Waals surface area (Å²) in [7, 11) is 0. The lowest BCUT2D eigenvalue weighted by molar-refractivity contribution is -0.155. The number of nitrogens with one attached hydrogen (secondary N) is 1. The van der Waals surface area contributed by atoms with Crippen molar-refractivity contribution >= 4 is 29.5 Å². The maximum Gasteiger partial charge on any atom is 0.330 e. The van der Waals surface area contributed by atoms with Crippen LogP contribution in [0.1, 0.15) is 70.3 Å². The average molecular weight is 586 g/mol. The van der Waals surface area contributed by atoms with E-state index < -0.39 is 24.2 Å². The summed E-state index contributed by atoms with van der Waals surface area (Å²) in [5.74, 6) is -1.000. The van der Waals surface area contributed by atoms with Crippen molar-refractivity contribution in [3.8, 4) is 0 Å². The summed E-state index contributed by atoms with van der Waals surface area (Å²) in [6, 6.07) is -0.767. The molecule has 5 atom stereocenters. The molecule has 0 saturated carbocycles. The van der Waals surface area contributed by atoms with Crippen molar-refractivity contribution in [1.82, 2.24) is 15.2 Å². The summed E-state index contributed by atoms with van der Waals surface area (Å²) >= 11 is 1.66. The molecule has 41 heavy (non-hydrogen) atoms. The number of nitrogens with zero attached hydrogens (tertiary/aromatic N) is 2. The Morgan fingerprint density at radius 2 is 2.02 bits per heavy atom. The molecule has 1 fully saturated rings. The van der Waals surface area contributed by atoms with Gasteiger partial charge in [0.25, 0.3) is 5.91 Å². The van der Waals surface area contributed by atoms with E-state index in [1.54, 1.807) is 34.9 Å². The van der Waals surface area contributed by atoms with Gasteiger partial charge >= 0.3 is 5.97 Å². The van der Waals surface area contributed by atoms with Gasteiger partial charge in [-0.3, -0.25) is 9.59 Å². The highest BCUT2D eigenvalue weighted by Gasteiger charge is 2.45. The SMILES string of the molecule is C=C1Cc2nc(co2)C(=O)N2CCC(SC(C)C)C2C(=O)O[C@H](CC)[C@H](C)/C=C/C(=O)NC/C=C/C(C)=C/[C@@H](O)C1. The second-order valence-corrected chi connectivity index (χ2v) is 12.8. The molecule has 2 aliphatic heterocycles. The summed E-state index contributed by atoms with van der Waals surface area (Å²) in [6.07, 6.45) is 10.4. The molecule has 1 saturated heterocycles. The molecule has 3 heterocycles. The molecule has 0 radical (unpaired) electrons. The number of cyclic esters (lactones) is 1. The smallest absolute Gasteiger partial charge is 0.330 e. The Labute approximate surface area is 247 Å². The molecule has 1 aromatic heterocycles. The molecule has 3 rings (SSSR count). The molecular weight excluding hydrogens is 542 g/mol. The maximum absolute atomic E-state index is 13.6. The van der Waals surface area contributed by atoms with Gasteiger partial charge < -0.3 is 24.5 Å². The van der Waals surface area contributed by atoms with E-state index in [0.29, 0.717) is 43.8 Å². The molecule has 2 aliphatic rings. The van der Waals surface area contributed by atoms with Gasteiger partial charge in [0.05, 0.1) is 6.10 Å². The van der Waals surface area contributed by atoms with Crippen LogP contribution >= 0.6 is 11.8 Å². The predicted molar refractivity (Wildman–Crippen MR) is 160 cm³/mol. The summed E-state index contributed by atoms with van der Waals surface area (Å²) in [5.41, 5.74) is 1.65. The zero-order valence-corrected chi connectivity index (χ0v) is 25.5. The number of aliphatic hydroxyl groups excluding tert-OH is 1. The Bertz CT molecular complexity index is 1190. The molecule has 0 spiro atoms. The van der Waals surface area contributed by atoms with Gasteiger partial charge in [-0.25, -0.2) is 9.78 Å². The van der Waals surface area contributed by atoms with Crippen LogP contribution in [0.2, 0.25) is 0 Å². The van der Waals surface area contributed by atoms with Crippen molar-refractivity contribution in [3.05, 3.63) is 66.0 Å². The molecular formula is C31H43N3O6S. The number of ether oxygens (including phenoxy) is 1. The van der Waals surface area contributed by atoms with E-state index in [1.807, 2.05) is 26.8 Å². The van der Waals surface area contributed by atoms with E-state index in [9.17, 15) is 19.5 Å². The lowest BCUT2D eigenvalue weighted by Crippen LogP contribution is -2.47. The quantitative estimate of drug-likeness (QED) is 0.396. The molecule has 2 amide bonds. The van der Waals surface area contributed by atoms with Gasteiger partial charge in [0.1, 0.15) is 18.4 Å². The normalized spacial score (nSPS) is 30.3. The predicted octanol–water partition coefficient (Wildman–Crippen LogP) is 4.40. The van der Waals surface area contributed by atoms with Gasteiger partial charge in [-0.2, -0.15) is 11.8 Å². The van der Waals surface area contributed by atoms with E-state index >= 15 is 0 Å². The first kappa shape index (κ1) is 32.4. The second-order valence-electron chi connectivity index (χ2n) is 10.9. The zero-order valence-electron chi connectivity index (χ0n) is 24.7. The number of hydrogen-bond donors (Lipinski definition) is 2. The van der Waals surface area contributed by atoms with Gasteiger partial charge in [0.2, 0.25) is 5.91 Å². The van der Waals surface area contributed by atoms with Gasteiger partial charge in [-0.1, -0.05) is 69.7 Å². The number of allylic oxidation sites excluding steroid dienone is 2. The summed E-state index contributed by atoms with van der Waals surface area (Å²) in [4.78, 5) is 45.5. The Morgan fingerprint density at radius 3 is 2.73 bits per heavy atom. The van der Waals surface area contributed by atoms with Crippen molar-refractivity contribution in [1.29, 1.82) is 0 Å². The summed E-state index contributed by atoms with van der Waals surface area (Å²) < 4.78 is 11.6. The van der Waals surface area contributed by atoms with E-state index in [0.717, 1.165) is 5.57 Å². The number of oxazole rings is 1. The minimum absolute atomic E-state index is 0.118. The van der Waals surface area contributed by atoms with Crippen LogP contribution in [0.25, 0.3) is 0 Å². The van der Waals surface area contributed by atoms with Crippen LogP contribution in [0.3, 0.4) is 0 Å². The number of carbonyl (C=O) groups excluding carboxylic acids is 3. The second kappa shape index (κ2) is 15.2. The Morgan fingerprint density at radius 1 is 1.27 bits per heavy atom. The van der Waals surface area contributed by atoms with Crippen molar-refractivity contribution in [2.24, 2.45) is 5.92 Å². The lowest BCUT2D eigenvalue weighted by Gasteiger charge is -2.29. The van der Waals surface area contributed by atoms with Gasteiger partial charge in [0, 0.05) is 30.7 Å². The third-order valence-corrected chi connectivity index (χ3v) is 8.39. The molecule has 10 heteroatoms. The largest absolute Gasteiger partial charge is 0.460 e. The molecule has 224 valence electrons. The van der Waals surface area contributed by atoms with Crippen LogP contribution in [0.5, 0.6) is 0 Å². The molecule has 2 unspecified atom stereocenters. The average Bonchev–Trinajstić information content (AvgIpc) is 3.54. The Hall–Kier alpha value is -3.11. The maximum atomic E-state index is 13.6. The van der Waals surface area contributed by atoms with E-state index in [1.165, 1.54) is 12.3 Å². The van der Waals surface area contributed by atoms with Crippen LogP contribution in [-0.2, 0) is 20.7 Å². The van der Waals surface area contributed by atoms with Crippen LogP contribution < -0.4 is 5.32 Å². The molecule has 9 nitrogen and oxygen atoms in total. The number of thioether (sulfide) groups is 1. The van der Waals surface area contributed by atoms with Crippen molar-refractivity contribution in [2.45, 2.75) is 89.1 Å². The van der Waals surface area contributed by atoms with Crippen LogP contribution in [0, 0.1) is 5.92 Å². The fraction of sp³-hybridized carbons (Fsp3) is 0.548. The van der Waals surface area contributed by atoms with E-state index in [4.69, 9.17) is 9.15 Å². The highest BCUT2D eigenvalue weighted by molar-refractivity contribution is 8.00. The third-order valence-electron chi connectivity index (χ3n) is 7.00. The third kappa shape index (κ3) is 9.46. The van der Waals surface area contributed by atoms with Gasteiger partial charge in [-0.05, 0) is 37.5 Å². The van der Waals surface area contributed by atoms with Crippen molar-refractivity contribution < 1.29 is 28.6 Å². The summed E-state index contributed by atoms with van der Waals surface area (Å²) in [5, 5.41) is 13.4. The number of fused-ring (bicyclic) bond motifs is 3. The van der Waals surface area contributed by atoms with Gasteiger partial charge in [-0.15, -0.1) is 0 Å². The zero-order chi connectivity index (χ0) is 30.1. The molecule has 2 bridgehead atoms. The first-order chi connectivity index (χ1) is 19.5. The fourth-order valence-corrected chi connectivity index (χ4v) is 6.36. The van der Waals surface area contributed by atoms with E-state index in [2.05, 4.69) is 30.7 Å². The number of amides is 2. The Balaban J connectivity index is 1.91. The highest BCUT2D eigenvalue weighted by atomic mass is 32.2. The van der Waals surface area contributed by atoms with Gasteiger partial charge in [0.15, 0.2) is 11.6 Å². The topological polar surface area (TPSA) is 122 Å². The number of hydrogen-bond acceptors (Lipinski definition) is 8. The fourth-order valence-electron chi connectivity index (χ4n) is 5.01. The number of aliphatic hydroxyl groups is 1. The first-order valence-electron chi connectivity index (χ1n) is 14.3. The summed E-state index contributed by atoms with van der Waals surface area (Å²) in [6.45, 7) is 14.6. The molecule has 2 N–H and O–H groups in total. The number of esters is 1. The van der Waals surface area contributed by atoms with Crippen LogP contribution in [0.4, 0.5) is 0 Å². The Kier molecular flexibility index (Phi) is 12.0. The van der Waals surface area contributed by atoms with Crippen LogP contribution in [0.15, 0.2) is 58.8 Å². The molecule has 1 aromatic rings. The standard InChI is InChI=1S/C31H43N3O6S/c1-7-25-22(6)10-11-27(36)32-13-8-9-20(4)15-23(35)16-21(5)17-28-33-24(18-39-28)30(37)34-14-12-26(41-19(2)3)29(34)31(38)40-25/h8-11,15,18-19,22-23,25-26,29,35H,5,7,12-14,16-17H2,1-4,6H3,(H,32,36)/b9-8+,11-10+,20-15+/t22-,23-,25-,26?,29?/m1/s1. The van der Waals surface area contributed by atoms with Crippen LogP contribution in [-0.4, -0.2) is 74.6 Å². The first-order valence-corrected chi connectivity index (χ1v) is 15.2. The minimum atomic E-state index is -0.767. The number of aromatic nitrogens is 1. The van der Waals surface area contributed by atoms with Crippen molar-refractivity contribution in [2.75, 3.05) is 13.1 Å². The number of carbonyl (C=O) groups is 3. The van der Waals surface area contributed by atoms with Crippen molar-refractivity contribution in [3.63, 3.8) is 0 Å². The van der Waals surface area contributed by atoms with E-state index in [-0.39, 0.29) is 40.3 Å². The molecule has 0 aromatic carbocycles. The monoisotopic (exact) mass is 585 g/mol. The number of rotatable bonds is 3. The molecule has 0 aliphatic carbocycles.